The van der Waals surface area contributed by atoms with Gasteiger partial charge in [0.15, 0.2) is 18.6 Å². The first-order valence-corrected chi connectivity index (χ1v) is 9.92. The molecule has 1 aliphatic carbocycles. The van der Waals surface area contributed by atoms with E-state index in [1.165, 1.54) is 24.8 Å². The van der Waals surface area contributed by atoms with Crippen molar-refractivity contribution in [2.24, 2.45) is 0 Å². The lowest BCUT2D eigenvalue weighted by Crippen LogP contribution is -2.22. The van der Waals surface area contributed by atoms with Crippen LogP contribution in [0.2, 0.25) is 0 Å². The number of benzene rings is 1. The van der Waals surface area contributed by atoms with E-state index in [1.807, 2.05) is 0 Å². The van der Waals surface area contributed by atoms with Crippen LogP contribution in [0.15, 0.2) is 29.0 Å². The van der Waals surface area contributed by atoms with Crippen LogP contribution in [0.3, 0.4) is 0 Å². The molecule has 0 saturated carbocycles. The van der Waals surface area contributed by atoms with Crippen molar-refractivity contribution in [2.75, 3.05) is 19.0 Å². The number of amides is 1. The molecule has 9 heteroatoms. The Morgan fingerprint density at radius 2 is 2.03 bits per heavy atom. The molecule has 2 aromatic heterocycles. The van der Waals surface area contributed by atoms with E-state index in [9.17, 15) is 14.4 Å². The predicted octanol–water partition coefficient (Wildman–Crippen LogP) is 3.35. The Bertz CT molecular complexity index is 1100. The summed E-state index contributed by atoms with van der Waals surface area (Å²) >= 11 is 1.37. The van der Waals surface area contributed by atoms with Gasteiger partial charge in [0.05, 0.1) is 18.2 Å². The van der Waals surface area contributed by atoms with Crippen LogP contribution < -0.4 is 5.32 Å². The summed E-state index contributed by atoms with van der Waals surface area (Å²) in [7, 11) is 1.31. The third-order valence-corrected chi connectivity index (χ3v) is 5.94. The van der Waals surface area contributed by atoms with Crippen LogP contribution in [0.5, 0.6) is 0 Å². The number of nitrogens with one attached hydrogen (secondary N) is 1. The molecule has 1 N–H and O–H groups in total. The van der Waals surface area contributed by atoms with Crippen molar-refractivity contribution in [1.29, 1.82) is 0 Å². The number of aromatic nitrogens is 1. The molecular weight excluding hydrogens is 396 g/mol. The average molecular weight is 414 g/mol. The second kappa shape index (κ2) is 8.04. The van der Waals surface area contributed by atoms with E-state index in [0.717, 1.165) is 36.1 Å². The minimum Gasteiger partial charge on any atom is -0.465 e. The number of anilines is 1. The summed E-state index contributed by atoms with van der Waals surface area (Å²) in [4.78, 5) is 42.0. The summed E-state index contributed by atoms with van der Waals surface area (Å²) in [5, 5.41) is 3.12. The first kappa shape index (κ1) is 19.1. The number of methoxy groups -OCH3 is 1. The van der Waals surface area contributed by atoms with E-state index in [0.29, 0.717) is 21.7 Å². The van der Waals surface area contributed by atoms with Crippen molar-refractivity contribution in [3.05, 3.63) is 46.2 Å². The van der Waals surface area contributed by atoms with Gasteiger partial charge in [-0.25, -0.2) is 14.6 Å². The molecule has 1 aliphatic rings. The highest BCUT2D eigenvalue weighted by Crippen LogP contribution is 2.38. The lowest BCUT2D eigenvalue weighted by Gasteiger charge is -2.11. The largest absolute Gasteiger partial charge is 0.465 e. The van der Waals surface area contributed by atoms with Crippen LogP contribution in [0, 0.1) is 0 Å². The Balaban J connectivity index is 1.46. The summed E-state index contributed by atoms with van der Waals surface area (Å²) in [6.07, 6.45) is 4.93. The molecule has 0 spiro atoms. The van der Waals surface area contributed by atoms with Crippen LogP contribution in [0.1, 0.15) is 44.0 Å². The van der Waals surface area contributed by atoms with Gasteiger partial charge < -0.3 is 19.2 Å². The van der Waals surface area contributed by atoms with E-state index >= 15 is 0 Å². The second-order valence-corrected chi connectivity index (χ2v) is 7.64. The minimum atomic E-state index is -0.682. The topological polar surface area (TPSA) is 108 Å². The maximum absolute atomic E-state index is 12.4. The van der Waals surface area contributed by atoms with E-state index in [4.69, 9.17) is 13.9 Å². The third kappa shape index (κ3) is 3.73. The Morgan fingerprint density at radius 3 is 2.86 bits per heavy atom. The van der Waals surface area contributed by atoms with Crippen molar-refractivity contribution in [2.45, 2.75) is 25.7 Å². The molecule has 0 aliphatic heterocycles. The number of para-hydroxylation sites is 1. The fourth-order valence-corrected chi connectivity index (χ4v) is 4.69. The highest BCUT2D eigenvalue weighted by Gasteiger charge is 2.27. The Hall–Kier alpha value is -3.20. The van der Waals surface area contributed by atoms with Crippen molar-refractivity contribution < 1.29 is 28.3 Å². The Labute approximate surface area is 169 Å². The Morgan fingerprint density at radius 1 is 1.21 bits per heavy atom. The van der Waals surface area contributed by atoms with Gasteiger partial charge in [0.1, 0.15) is 10.5 Å². The number of hydrogen-bond donors (Lipinski definition) is 1. The van der Waals surface area contributed by atoms with Crippen LogP contribution in [-0.2, 0) is 27.1 Å². The molecule has 29 heavy (non-hydrogen) atoms. The quantitative estimate of drug-likeness (QED) is 0.638. The number of carbonyl (C=O) groups excluding carboxylic acids is 3. The van der Waals surface area contributed by atoms with E-state index < -0.39 is 24.5 Å². The molecule has 1 amide bonds. The van der Waals surface area contributed by atoms with E-state index in [1.54, 1.807) is 18.2 Å². The molecule has 0 fully saturated rings. The average Bonchev–Trinajstić information content (AvgIpc) is 3.35. The molecule has 0 bridgehead atoms. The van der Waals surface area contributed by atoms with Crippen molar-refractivity contribution in [3.63, 3.8) is 0 Å². The molecular formula is C20H18N2O6S. The molecule has 1 aromatic carbocycles. The van der Waals surface area contributed by atoms with Gasteiger partial charge in [0, 0.05) is 4.88 Å². The van der Waals surface area contributed by atoms with E-state index in [2.05, 4.69) is 10.3 Å². The van der Waals surface area contributed by atoms with Gasteiger partial charge in [-0.15, -0.1) is 11.3 Å². The first-order valence-electron chi connectivity index (χ1n) is 9.10. The molecule has 3 aromatic rings. The van der Waals surface area contributed by atoms with Gasteiger partial charge in [0.25, 0.3) is 5.91 Å². The molecule has 0 unspecified atom stereocenters. The zero-order chi connectivity index (χ0) is 20.4. The zero-order valence-electron chi connectivity index (χ0n) is 15.6. The molecule has 0 atom stereocenters. The number of thiophene rings is 1. The zero-order valence-corrected chi connectivity index (χ0v) is 16.5. The van der Waals surface area contributed by atoms with Crippen LogP contribution in [0.25, 0.3) is 11.1 Å². The standard InChI is InChI=1S/C20H18N2O6S/c1-26-20(25)16-11-5-2-3-8-14(11)29-18(16)22-15(23)9-27-19(24)12-6-4-7-13-17(12)21-10-28-13/h4,6-7,10H,2-3,5,8-9H2,1H3,(H,22,23). The number of oxazole rings is 1. The van der Waals surface area contributed by atoms with Crippen LogP contribution >= 0.6 is 11.3 Å². The fraction of sp³-hybridized carbons (Fsp3) is 0.300. The number of aryl methyl sites for hydroxylation is 1. The fourth-order valence-electron chi connectivity index (χ4n) is 3.39. The summed E-state index contributed by atoms with van der Waals surface area (Å²) in [6.45, 7) is -0.490. The molecule has 4 rings (SSSR count). The third-order valence-electron chi connectivity index (χ3n) is 4.73. The lowest BCUT2D eigenvalue weighted by molar-refractivity contribution is -0.119. The number of nitrogens with zero attached hydrogens (tertiary/aromatic N) is 1. The normalized spacial score (nSPS) is 13.0. The smallest absolute Gasteiger partial charge is 0.341 e. The molecule has 0 radical (unpaired) electrons. The predicted molar refractivity (Wildman–Crippen MR) is 105 cm³/mol. The number of rotatable bonds is 5. The number of esters is 2. The molecule has 2 heterocycles. The minimum absolute atomic E-state index is 0.214. The van der Waals surface area contributed by atoms with Crippen LogP contribution in [-0.4, -0.2) is 36.5 Å². The molecule has 150 valence electrons. The van der Waals surface area contributed by atoms with Gasteiger partial charge in [-0.3, -0.25) is 4.79 Å². The first-order chi connectivity index (χ1) is 14.1. The number of ether oxygens (including phenoxy) is 2. The SMILES string of the molecule is COC(=O)c1c(NC(=O)COC(=O)c2cccc3ocnc23)sc2c1CCCC2. The maximum Gasteiger partial charge on any atom is 0.341 e. The summed E-state index contributed by atoms with van der Waals surface area (Å²) in [5.41, 5.74) is 2.39. The van der Waals surface area contributed by atoms with Crippen LogP contribution in [0.4, 0.5) is 5.00 Å². The summed E-state index contributed by atoms with van der Waals surface area (Å²) in [5.74, 6) is -1.69. The number of fused-ring (bicyclic) bond motifs is 2. The van der Waals surface area contributed by atoms with Crippen molar-refractivity contribution in [3.8, 4) is 0 Å². The number of hydrogen-bond acceptors (Lipinski definition) is 8. The summed E-state index contributed by atoms with van der Waals surface area (Å²) < 4.78 is 15.2. The van der Waals surface area contributed by atoms with Crippen molar-refractivity contribution in [1.82, 2.24) is 4.98 Å². The van der Waals surface area contributed by atoms with Gasteiger partial charge in [-0.2, -0.15) is 0 Å². The highest BCUT2D eigenvalue weighted by atomic mass is 32.1. The van der Waals surface area contributed by atoms with Gasteiger partial charge in [-0.05, 0) is 43.4 Å². The lowest BCUT2D eigenvalue weighted by atomic mass is 9.95. The second-order valence-electron chi connectivity index (χ2n) is 6.54. The Kier molecular flexibility index (Phi) is 5.30. The monoisotopic (exact) mass is 414 g/mol. The van der Waals surface area contributed by atoms with Gasteiger partial charge >= 0.3 is 11.9 Å². The molecule has 0 saturated heterocycles. The maximum atomic E-state index is 12.4. The van der Waals surface area contributed by atoms with Gasteiger partial charge in [-0.1, -0.05) is 6.07 Å². The van der Waals surface area contributed by atoms with Gasteiger partial charge in [0.2, 0.25) is 0 Å². The van der Waals surface area contributed by atoms with Crippen molar-refractivity contribution >= 4 is 45.3 Å². The van der Waals surface area contributed by atoms with E-state index in [-0.39, 0.29) is 5.56 Å². The summed E-state index contributed by atoms with van der Waals surface area (Å²) in [6, 6.07) is 4.87. The highest BCUT2D eigenvalue weighted by molar-refractivity contribution is 7.17. The molecule has 8 nitrogen and oxygen atoms in total. The number of carbonyl (C=O) groups is 3.